The zero-order valence-electron chi connectivity index (χ0n) is 11.6. The third kappa shape index (κ3) is 6.70. The van der Waals surface area contributed by atoms with E-state index in [-0.39, 0.29) is 5.48 Å². The van der Waals surface area contributed by atoms with E-state index in [4.69, 9.17) is 20.9 Å². The van der Waals surface area contributed by atoms with Crippen LogP contribution in [-0.2, 0) is 0 Å². The molecule has 2 aromatic rings. The lowest BCUT2D eigenvalue weighted by Gasteiger charge is -2.23. The van der Waals surface area contributed by atoms with Crippen LogP contribution in [0.1, 0.15) is 0 Å². The molecule has 0 aliphatic heterocycles. The van der Waals surface area contributed by atoms with E-state index in [2.05, 4.69) is 11.7 Å². The second-order valence-corrected chi connectivity index (χ2v) is 3.81. The average molecular weight is 294 g/mol. The number of rotatable bonds is 5. The first-order chi connectivity index (χ1) is 9.75. The number of hydrogen-bond donors (Lipinski definition) is 4. The Morgan fingerprint density at radius 2 is 1.00 bits per heavy atom. The van der Waals surface area contributed by atoms with E-state index >= 15 is 0 Å². The van der Waals surface area contributed by atoms with Crippen LogP contribution in [-0.4, -0.2) is 17.9 Å². The van der Waals surface area contributed by atoms with E-state index in [9.17, 15) is 0 Å². The van der Waals surface area contributed by atoms with Crippen molar-refractivity contribution in [3.05, 3.63) is 60.7 Å². The summed E-state index contributed by atoms with van der Waals surface area (Å²) >= 11 is 0. The smallest absolute Gasteiger partial charge is 0.268 e. The van der Waals surface area contributed by atoms with Crippen LogP contribution >= 0.6 is 0 Å². The van der Waals surface area contributed by atoms with Gasteiger partial charge >= 0.3 is 0 Å². The molecule has 7 heteroatoms. The molecular formula is C14H22N4O3. The van der Waals surface area contributed by atoms with Crippen LogP contribution in [0.3, 0.4) is 0 Å². The second-order valence-electron chi connectivity index (χ2n) is 3.81. The minimum Gasteiger partial charge on any atom is -0.452 e. The van der Waals surface area contributed by atoms with Crippen molar-refractivity contribution in [1.29, 1.82) is 0 Å². The number of nitrogens with two attached hydrogens (primary N) is 4. The largest absolute Gasteiger partial charge is 0.452 e. The summed E-state index contributed by atoms with van der Waals surface area (Å²) in [5.74, 6) is 9.33. The highest BCUT2D eigenvalue weighted by molar-refractivity contribution is 5.23. The maximum atomic E-state index is 5.66. The minimum atomic E-state index is -0.731. The van der Waals surface area contributed by atoms with Gasteiger partial charge in [-0.3, -0.25) is 11.7 Å². The lowest BCUT2D eigenvalue weighted by molar-refractivity contribution is -0.0128. The summed E-state index contributed by atoms with van der Waals surface area (Å²) in [5.41, 5.74) is 11.3. The summed E-state index contributed by atoms with van der Waals surface area (Å²) in [6.07, 6.45) is -1.46. The number of ether oxygens (including phenoxy) is 2. The molecule has 2 rings (SSSR count). The first-order valence-corrected chi connectivity index (χ1v) is 6.03. The van der Waals surface area contributed by atoms with Crippen LogP contribution in [0.2, 0.25) is 0 Å². The van der Waals surface area contributed by atoms with Crippen LogP contribution < -0.4 is 32.6 Å². The van der Waals surface area contributed by atoms with Gasteiger partial charge in [0.15, 0.2) is 0 Å². The van der Waals surface area contributed by atoms with Gasteiger partial charge in [-0.1, -0.05) is 36.4 Å². The lowest BCUT2D eigenvalue weighted by Crippen LogP contribution is -2.49. The lowest BCUT2D eigenvalue weighted by atomic mass is 10.3. The van der Waals surface area contributed by atoms with Gasteiger partial charge in [-0.25, -0.2) is 0 Å². The van der Waals surface area contributed by atoms with Crippen molar-refractivity contribution in [3.8, 4) is 11.5 Å². The van der Waals surface area contributed by atoms with Crippen LogP contribution in [0.25, 0.3) is 0 Å². The quantitative estimate of drug-likeness (QED) is 0.337. The van der Waals surface area contributed by atoms with Crippen molar-refractivity contribution in [1.82, 2.24) is 0 Å². The van der Waals surface area contributed by atoms with Gasteiger partial charge in [0.2, 0.25) is 0 Å². The zero-order valence-corrected chi connectivity index (χ0v) is 11.6. The normalized spacial score (nSPS) is 9.43. The molecule has 0 atom stereocenters. The molecule has 0 radical (unpaired) electrons. The monoisotopic (exact) mass is 294 g/mol. The fraction of sp³-hybridized carbons (Fsp3) is 0.143. The first kappa shape index (κ1) is 18.8. The zero-order chi connectivity index (χ0) is 14.8. The van der Waals surface area contributed by atoms with E-state index < -0.39 is 12.5 Å². The highest BCUT2D eigenvalue weighted by atomic mass is 16.7. The van der Waals surface area contributed by atoms with Gasteiger partial charge < -0.3 is 26.4 Å². The standard InChI is InChI=1S/C14H16N2O2.H4N2.H2O/c15-13(16)14(17-11-7-3-1-4-8-11)18-12-9-5-2-6-10-12;1-2;/h1-10,13-14H,15-16H2;1-2H2;1H2. The van der Waals surface area contributed by atoms with Crippen molar-refractivity contribution < 1.29 is 14.9 Å². The molecule has 2 aromatic carbocycles. The Kier molecular flexibility index (Phi) is 9.52. The summed E-state index contributed by atoms with van der Waals surface area (Å²) < 4.78 is 11.2. The van der Waals surface area contributed by atoms with Gasteiger partial charge in [0.25, 0.3) is 6.29 Å². The Balaban J connectivity index is 0.00000128. The van der Waals surface area contributed by atoms with Crippen LogP contribution in [0.4, 0.5) is 0 Å². The van der Waals surface area contributed by atoms with E-state index in [1.54, 1.807) is 0 Å². The van der Waals surface area contributed by atoms with Gasteiger partial charge in [-0.2, -0.15) is 0 Å². The van der Waals surface area contributed by atoms with Crippen molar-refractivity contribution >= 4 is 0 Å². The summed E-state index contributed by atoms with van der Waals surface area (Å²) in [5, 5.41) is 0. The van der Waals surface area contributed by atoms with Crippen molar-refractivity contribution in [3.63, 3.8) is 0 Å². The van der Waals surface area contributed by atoms with Gasteiger partial charge in [0, 0.05) is 0 Å². The molecule has 0 aromatic heterocycles. The molecule has 0 heterocycles. The molecule has 21 heavy (non-hydrogen) atoms. The molecular weight excluding hydrogens is 272 g/mol. The Bertz CT molecular complexity index is 427. The maximum absolute atomic E-state index is 5.66. The van der Waals surface area contributed by atoms with Gasteiger partial charge in [0.1, 0.15) is 17.7 Å². The molecule has 116 valence electrons. The minimum absolute atomic E-state index is 0. The molecule has 10 N–H and O–H groups in total. The first-order valence-electron chi connectivity index (χ1n) is 6.03. The Labute approximate surface area is 123 Å². The van der Waals surface area contributed by atoms with Gasteiger partial charge in [-0.15, -0.1) is 0 Å². The Morgan fingerprint density at radius 3 is 1.29 bits per heavy atom. The van der Waals surface area contributed by atoms with Crippen LogP contribution in [0.15, 0.2) is 60.7 Å². The summed E-state index contributed by atoms with van der Waals surface area (Å²) in [7, 11) is 0. The maximum Gasteiger partial charge on any atom is 0.268 e. The average Bonchev–Trinajstić information content (AvgIpc) is 2.51. The highest BCUT2D eigenvalue weighted by Gasteiger charge is 2.17. The van der Waals surface area contributed by atoms with Gasteiger partial charge in [-0.05, 0) is 24.3 Å². The second kappa shape index (κ2) is 10.6. The highest BCUT2D eigenvalue weighted by Crippen LogP contribution is 2.16. The van der Waals surface area contributed by atoms with Crippen molar-refractivity contribution in [2.75, 3.05) is 0 Å². The molecule has 0 aliphatic carbocycles. The molecule has 0 amide bonds. The number of para-hydroxylation sites is 2. The molecule has 0 spiro atoms. The predicted molar refractivity (Wildman–Crippen MR) is 82.1 cm³/mol. The van der Waals surface area contributed by atoms with E-state index in [0.717, 1.165) is 0 Å². The molecule has 0 unspecified atom stereocenters. The summed E-state index contributed by atoms with van der Waals surface area (Å²) in [6.45, 7) is 0. The molecule has 0 aliphatic rings. The fourth-order valence-electron chi connectivity index (χ4n) is 1.45. The Morgan fingerprint density at radius 1 is 0.667 bits per heavy atom. The van der Waals surface area contributed by atoms with E-state index in [0.29, 0.717) is 11.5 Å². The summed E-state index contributed by atoms with van der Waals surface area (Å²) in [6, 6.07) is 18.6. The van der Waals surface area contributed by atoms with E-state index in [1.807, 2.05) is 60.7 Å². The van der Waals surface area contributed by atoms with Gasteiger partial charge in [0.05, 0.1) is 0 Å². The molecule has 7 nitrogen and oxygen atoms in total. The molecule has 0 saturated heterocycles. The molecule has 0 bridgehead atoms. The molecule has 0 saturated carbocycles. The van der Waals surface area contributed by atoms with Crippen LogP contribution in [0.5, 0.6) is 11.5 Å². The molecule has 0 fully saturated rings. The van der Waals surface area contributed by atoms with Crippen molar-refractivity contribution in [2.24, 2.45) is 23.2 Å². The third-order valence-electron chi connectivity index (χ3n) is 2.31. The number of hydrazine groups is 1. The Hall–Kier alpha value is -2.16. The van der Waals surface area contributed by atoms with Crippen LogP contribution in [0, 0.1) is 0 Å². The third-order valence-corrected chi connectivity index (χ3v) is 2.31. The SMILES string of the molecule is NC(N)C(Oc1ccccc1)Oc1ccccc1.NN.O. The summed E-state index contributed by atoms with van der Waals surface area (Å²) in [4.78, 5) is 0. The van der Waals surface area contributed by atoms with Crippen molar-refractivity contribution in [2.45, 2.75) is 12.5 Å². The number of benzene rings is 2. The fourth-order valence-corrected chi connectivity index (χ4v) is 1.45. The van der Waals surface area contributed by atoms with E-state index in [1.165, 1.54) is 0 Å². The predicted octanol–water partition coefficient (Wildman–Crippen LogP) is -0.292. The number of hydrogen-bond acceptors (Lipinski definition) is 6. The topological polar surface area (TPSA) is 154 Å².